The number of fused-ring (bicyclic) bond motifs is 1. The largest absolute Gasteiger partial charge is 0.695 e. The normalized spacial score (nSPS) is 28.6. The predicted octanol–water partition coefficient (Wildman–Crippen LogP) is 0.679. The molecule has 1 unspecified atom stereocenters. The lowest BCUT2D eigenvalue weighted by Crippen LogP contribution is -2.20. The van der Waals surface area contributed by atoms with Crippen molar-refractivity contribution in [3.05, 3.63) is 29.1 Å². The van der Waals surface area contributed by atoms with E-state index in [1.807, 2.05) is 18.2 Å². The minimum atomic E-state index is -0.0926. The van der Waals surface area contributed by atoms with Crippen LogP contribution in [0.5, 0.6) is 0 Å². The number of rotatable bonds is 0. The highest BCUT2D eigenvalue weighted by molar-refractivity contribution is 5.20. The highest BCUT2D eigenvalue weighted by Crippen LogP contribution is 2.17. The number of allylic oxidation sites excluding steroid dienone is 2. The van der Waals surface area contributed by atoms with Crippen molar-refractivity contribution in [3.8, 4) is 0 Å². The predicted molar refractivity (Wildman–Crippen MR) is 34.8 cm³/mol. The number of nitrogens with one attached hydrogen (secondary N) is 1. The maximum absolute atomic E-state index is 10.8. The summed E-state index contributed by atoms with van der Waals surface area (Å²) in [5.41, 5.74) is 3.56. The first kappa shape index (κ1) is 5.46. The van der Waals surface area contributed by atoms with Crippen molar-refractivity contribution in [1.82, 2.24) is 5.43 Å². The summed E-state index contributed by atoms with van der Waals surface area (Å²) in [4.78, 5) is 0.704. The average molecular weight is 137 g/mol. The summed E-state index contributed by atoms with van der Waals surface area (Å²) >= 11 is 0. The Morgan fingerprint density at radius 3 is 3.50 bits per heavy atom. The third-order valence-corrected chi connectivity index (χ3v) is 1.67. The highest BCUT2D eigenvalue weighted by Gasteiger charge is 2.28. The van der Waals surface area contributed by atoms with Gasteiger partial charge in [-0.05, 0) is 6.08 Å². The Labute approximate surface area is 58.1 Å². The van der Waals surface area contributed by atoms with Crippen LogP contribution >= 0.6 is 0 Å². The van der Waals surface area contributed by atoms with Crippen LogP contribution < -0.4 is 5.43 Å². The lowest BCUT2D eigenvalue weighted by atomic mass is 10.1. The molecule has 1 N–H and O–H groups in total. The first-order valence-electron chi connectivity index (χ1n) is 3.17. The fraction of sp³-hybridized carbons (Fsp3) is 0.333. The van der Waals surface area contributed by atoms with E-state index in [1.165, 1.54) is 0 Å². The van der Waals surface area contributed by atoms with Gasteiger partial charge in [-0.2, -0.15) is 4.86 Å². The van der Waals surface area contributed by atoms with Crippen LogP contribution in [0.3, 0.4) is 0 Å². The van der Waals surface area contributed by atoms with Crippen molar-refractivity contribution < 1.29 is 4.86 Å². The van der Waals surface area contributed by atoms with E-state index >= 15 is 0 Å². The van der Waals surface area contributed by atoms with Gasteiger partial charge >= 0.3 is 0 Å². The van der Waals surface area contributed by atoms with Crippen LogP contribution in [0.15, 0.2) is 29.1 Å². The molecule has 2 aliphatic rings. The van der Waals surface area contributed by atoms with Crippen LogP contribution in [-0.4, -0.2) is 10.9 Å². The topological polar surface area (TPSA) is 50.5 Å². The van der Waals surface area contributed by atoms with E-state index in [9.17, 15) is 5.21 Å². The molecule has 0 aromatic carbocycles. The third kappa shape index (κ3) is 0.618. The van der Waals surface area contributed by atoms with Crippen LogP contribution in [0.25, 0.3) is 0 Å². The Morgan fingerprint density at radius 1 is 1.80 bits per heavy atom. The molecule has 0 bridgehead atoms. The Bertz CT molecular complexity index is 241. The molecule has 0 spiro atoms. The first-order chi connectivity index (χ1) is 4.88. The first-order valence-corrected chi connectivity index (χ1v) is 3.17. The molecular weight excluding hydrogens is 130 g/mol. The standard InChI is InChI=1S/C6H7N3O/c10-9-6-4-2-1-3-5(6)7-8-9/h1-3,6-7H,4H2. The SMILES string of the molecule is [O-][N+]1=NNC2=CC=CCC21. The molecule has 4 nitrogen and oxygen atoms in total. The van der Waals surface area contributed by atoms with E-state index in [1.54, 1.807) is 0 Å². The van der Waals surface area contributed by atoms with Gasteiger partial charge in [-0.25, -0.2) is 0 Å². The summed E-state index contributed by atoms with van der Waals surface area (Å²) in [5, 5.41) is 14.3. The summed E-state index contributed by atoms with van der Waals surface area (Å²) in [7, 11) is 0. The van der Waals surface area contributed by atoms with Crippen molar-refractivity contribution >= 4 is 0 Å². The minimum absolute atomic E-state index is 0.0926. The van der Waals surface area contributed by atoms with Gasteiger partial charge in [-0.15, -0.1) is 5.43 Å². The van der Waals surface area contributed by atoms with Gasteiger partial charge in [0, 0.05) is 6.42 Å². The summed E-state index contributed by atoms with van der Waals surface area (Å²) in [6.07, 6.45) is 6.51. The Morgan fingerprint density at radius 2 is 2.70 bits per heavy atom. The zero-order valence-corrected chi connectivity index (χ0v) is 5.32. The summed E-state index contributed by atoms with van der Waals surface area (Å²) < 4.78 is 0. The van der Waals surface area contributed by atoms with E-state index in [0.29, 0.717) is 4.86 Å². The van der Waals surface area contributed by atoms with Gasteiger partial charge in [0.15, 0.2) is 11.7 Å². The van der Waals surface area contributed by atoms with Gasteiger partial charge in [-0.3, -0.25) is 0 Å². The van der Waals surface area contributed by atoms with Crippen LogP contribution in [0.4, 0.5) is 0 Å². The van der Waals surface area contributed by atoms with Gasteiger partial charge in [-0.1, -0.05) is 12.2 Å². The molecule has 1 heterocycles. The van der Waals surface area contributed by atoms with Gasteiger partial charge in [0.1, 0.15) is 0 Å². The molecule has 1 atom stereocenters. The molecule has 1 aliphatic heterocycles. The Balaban J connectivity index is 2.30. The molecule has 0 radical (unpaired) electrons. The highest BCUT2D eigenvalue weighted by atomic mass is 16.5. The quantitative estimate of drug-likeness (QED) is 0.394. The van der Waals surface area contributed by atoms with Crippen LogP contribution in [0.2, 0.25) is 0 Å². The second-order valence-electron chi connectivity index (χ2n) is 2.32. The van der Waals surface area contributed by atoms with Crippen molar-refractivity contribution in [2.75, 3.05) is 0 Å². The van der Waals surface area contributed by atoms with Crippen LogP contribution in [0, 0.1) is 5.21 Å². The van der Waals surface area contributed by atoms with Crippen molar-refractivity contribution in [2.24, 2.45) is 5.22 Å². The number of hydrogen-bond acceptors (Lipinski definition) is 3. The second kappa shape index (κ2) is 1.83. The zero-order valence-electron chi connectivity index (χ0n) is 5.32. The molecule has 0 amide bonds. The van der Waals surface area contributed by atoms with Crippen LogP contribution in [-0.2, 0) is 0 Å². The van der Waals surface area contributed by atoms with Crippen molar-refractivity contribution in [2.45, 2.75) is 12.5 Å². The molecule has 52 valence electrons. The molecular formula is C6H7N3O. The second-order valence-corrected chi connectivity index (χ2v) is 2.32. The van der Waals surface area contributed by atoms with Gasteiger partial charge in [0.25, 0.3) is 0 Å². The fourth-order valence-corrected chi connectivity index (χ4v) is 1.11. The van der Waals surface area contributed by atoms with Gasteiger partial charge in [0.05, 0.1) is 5.22 Å². The molecule has 1 aliphatic carbocycles. The molecule has 0 fully saturated rings. The average Bonchev–Trinajstić information content (AvgIpc) is 2.34. The van der Waals surface area contributed by atoms with E-state index in [-0.39, 0.29) is 6.04 Å². The Kier molecular flexibility index (Phi) is 1.00. The molecule has 0 aromatic heterocycles. The number of hydroxylamine groups is 1. The van der Waals surface area contributed by atoms with Crippen LogP contribution in [0.1, 0.15) is 6.42 Å². The lowest BCUT2D eigenvalue weighted by Gasteiger charge is -2.10. The molecule has 2 rings (SSSR count). The smallest absolute Gasteiger partial charge is 0.187 e. The lowest BCUT2D eigenvalue weighted by molar-refractivity contribution is -0.547. The van der Waals surface area contributed by atoms with E-state index in [2.05, 4.69) is 10.6 Å². The fourth-order valence-electron chi connectivity index (χ4n) is 1.11. The van der Waals surface area contributed by atoms with E-state index < -0.39 is 0 Å². The summed E-state index contributed by atoms with van der Waals surface area (Å²) in [6, 6.07) is -0.0926. The molecule has 4 heteroatoms. The summed E-state index contributed by atoms with van der Waals surface area (Å²) in [6.45, 7) is 0. The summed E-state index contributed by atoms with van der Waals surface area (Å²) in [5.74, 6) is 0. The number of hydrogen-bond donors (Lipinski definition) is 1. The van der Waals surface area contributed by atoms with Crippen molar-refractivity contribution in [3.63, 3.8) is 0 Å². The molecule has 0 saturated heterocycles. The Hall–Kier alpha value is -1.32. The monoisotopic (exact) mass is 137 g/mol. The zero-order chi connectivity index (χ0) is 6.97. The van der Waals surface area contributed by atoms with Gasteiger partial charge < -0.3 is 5.21 Å². The maximum atomic E-state index is 10.8. The van der Waals surface area contributed by atoms with E-state index in [0.717, 1.165) is 12.1 Å². The molecule has 0 aromatic rings. The third-order valence-electron chi connectivity index (χ3n) is 1.67. The van der Waals surface area contributed by atoms with E-state index in [4.69, 9.17) is 0 Å². The van der Waals surface area contributed by atoms with Gasteiger partial charge in [0.2, 0.25) is 0 Å². The molecule has 10 heavy (non-hydrogen) atoms. The van der Waals surface area contributed by atoms with Crippen molar-refractivity contribution in [1.29, 1.82) is 0 Å². The minimum Gasteiger partial charge on any atom is -0.695 e. The molecule has 0 saturated carbocycles. The maximum Gasteiger partial charge on any atom is 0.187 e. The number of nitrogens with zero attached hydrogens (tertiary/aromatic N) is 2.